The van der Waals surface area contributed by atoms with Gasteiger partial charge in [-0.3, -0.25) is 14.1 Å². The molecular formula is C39H40N2O6S. The molecule has 0 aliphatic carbocycles. The summed E-state index contributed by atoms with van der Waals surface area (Å²) < 4.78 is 36.9. The van der Waals surface area contributed by atoms with Crippen LogP contribution in [0.3, 0.4) is 0 Å². The van der Waals surface area contributed by atoms with Gasteiger partial charge in [-0.05, 0) is 70.8 Å². The van der Waals surface area contributed by atoms with E-state index in [9.17, 15) is 18.0 Å². The first-order chi connectivity index (χ1) is 22.8. The molecule has 0 saturated heterocycles. The first-order valence-electron chi connectivity index (χ1n) is 15.9. The Morgan fingerprint density at radius 3 is 2.17 bits per heavy atom. The lowest BCUT2D eigenvalue weighted by Crippen LogP contribution is -2.25. The Labute approximate surface area is 281 Å². The molecule has 8 nitrogen and oxygen atoms in total. The third-order valence-electron chi connectivity index (χ3n) is 8.11. The predicted octanol–water partition coefficient (Wildman–Crippen LogP) is 8.93. The number of amides is 1. The summed E-state index contributed by atoms with van der Waals surface area (Å²) in [6.07, 6.45) is 4.26. The quantitative estimate of drug-likeness (QED) is 0.101. The van der Waals surface area contributed by atoms with Crippen molar-refractivity contribution in [3.05, 3.63) is 125 Å². The molecule has 2 N–H and O–H groups in total. The van der Waals surface area contributed by atoms with Crippen molar-refractivity contribution < 1.29 is 27.0 Å². The Morgan fingerprint density at radius 1 is 0.896 bits per heavy atom. The van der Waals surface area contributed by atoms with Crippen LogP contribution in [0.25, 0.3) is 28.6 Å². The molecule has 0 radical (unpaired) electrons. The number of hydrogen-bond donors (Lipinski definition) is 2. The average molecular weight is 665 g/mol. The van der Waals surface area contributed by atoms with Crippen molar-refractivity contribution in [1.29, 1.82) is 0 Å². The van der Waals surface area contributed by atoms with Crippen LogP contribution in [-0.2, 0) is 14.9 Å². The smallest absolute Gasteiger partial charge is 0.264 e. The Kier molecular flexibility index (Phi) is 10.4. The fourth-order valence-electron chi connectivity index (χ4n) is 5.46. The van der Waals surface area contributed by atoms with Crippen molar-refractivity contribution in [1.82, 2.24) is 4.98 Å². The number of nitrogens with zero attached hydrogens (tertiary/aromatic N) is 1. The predicted molar refractivity (Wildman–Crippen MR) is 191 cm³/mol. The SMILES string of the molecule is C[C@H](c1ccc(C(=O)CCCS(=O)(=O)O)cc1)C(C(=O)Nc1ccc(-c2nc3ccccc3o2)cc1)c1ccc(/C=C/C(C)(C)C)cc1. The van der Waals surface area contributed by atoms with Crippen LogP contribution in [0.5, 0.6) is 0 Å². The zero-order valence-corrected chi connectivity index (χ0v) is 28.3. The highest BCUT2D eigenvalue weighted by Crippen LogP contribution is 2.35. The second-order valence-corrected chi connectivity index (χ2v) is 14.7. The molecule has 5 aromatic rings. The van der Waals surface area contributed by atoms with Crippen molar-refractivity contribution in [2.45, 2.75) is 52.4 Å². The molecule has 248 valence electrons. The minimum absolute atomic E-state index is 0.000919. The molecule has 0 spiro atoms. The summed E-state index contributed by atoms with van der Waals surface area (Å²) in [5.41, 5.74) is 6.13. The minimum atomic E-state index is -4.12. The van der Waals surface area contributed by atoms with E-state index in [1.165, 1.54) is 0 Å². The zero-order valence-electron chi connectivity index (χ0n) is 27.5. The number of carbonyl (C=O) groups excluding carboxylic acids is 2. The maximum Gasteiger partial charge on any atom is 0.264 e. The highest BCUT2D eigenvalue weighted by Gasteiger charge is 2.29. The number of nitrogens with one attached hydrogen (secondary N) is 1. The van der Waals surface area contributed by atoms with Gasteiger partial charge in [0.1, 0.15) is 5.52 Å². The average Bonchev–Trinajstić information content (AvgIpc) is 3.48. The maximum absolute atomic E-state index is 14.0. The standard InChI is InChI=1S/C39H40N2O6S/c1-26(28-15-17-29(18-16-28)34(42)9-7-25-48(44,45)46)36(30-13-11-27(12-14-30)23-24-39(2,3)4)37(43)40-32-21-19-31(20-22-32)38-41-33-8-5-6-10-35(33)47-38/h5-6,8,10-24,26,36H,7,9,25H2,1-4H3,(H,40,43)(H,44,45,46)/b24-23+/t26-,36?/m1/s1. The van der Waals surface area contributed by atoms with Gasteiger partial charge in [0.15, 0.2) is 11.4 Å². The highest BCUT2D eigenvalue weighted by molar-refractivity contribution is 7.85. The number of anilines is 1. The molecule has 1 amide bonds. The molecule has 0 aliphatic heterocycles. The lowest BCUT2D eigenvalue weighted by atomic mass is 9.81. The molecule has 2 atom stereocenters. The van der Waals surface area contributed by atoms with E-state index < -0.39 is 21.8 Å². The largest absolute Gasteiger partial charge is 0.436 e. The number of carbonyl (C=O) groups is 2. The number of allylic oxidation sites excluding steroid dienone is 1. The lowest BCUT2D eigenvalue weighted by Gasteiger charge is -2.25. The second-order valence-electron chi connectivity index (χ2n) is 13.1. The fourth-order valence-corrected chi connectivity index (χ4v) is 5.97. The lowest BCUT2D eigenvalue weighted by molar-refractivity contribution is -0.118. The highest BCUT2D eigenvalue weighted by atomic mass is 32.2. The van der Waals surface area contributed by atoms with E-state index >= 15 is 0 Å². The van der Waals surface area contributed by atoms with Crippen molar-refractivity contribution >= 4 is 44.7 Å². The third kappa shape index (κ3) is 9.14. The van der Waals surface area contributed by atoms with Crippen molar-refractivity contribution in [3.63, 3.8) is 0 Å². The molecule has 48 heavy (non-hydrogen) atoms. The summed E-state index contributed by atoms with van der Waals surface area (Å²) in [6.45, 7) is 8.39. The van der Waals surface area contributed by atoms with Crippen LogP contribution in [-0.4, -0.2) is 35.4 Å². The number of fused-ring (bicyclic) bond motifs is 1. The summed E-state index contributed by atoms with van der Waals surface area (Å²) in [7, 11) is -4.12. The molecular weight excluding hydrogens is 625 g/mol. The summed E-state index contributed by atoms with van der Waals surface area (Å²) in [6, 6.07) is 30.0. The summed E-state index contributed by atoms with van der Waals surface area (Å²) in [5.74, 6) is -1.17. The van der Waals surface area contributed by atoms with E-state index in [2.05, 4.69) is 43.2 Å². The molecule has 1 aromatic heterocycles. The van der Waals surface area contributed by atoms with Gasteiger partial charge in [0, 0.05) is 23.2 Å². The number of benzene rings is 4. The van der Waals surface area contributed by atoms with Gasteiger partial charge in [-0.2, -0.15) is 8.42 Å². The van der Waals surface area contributed by atoms with Crippen molar-refractivity contribution in [3.8, 4) is 11.5 Å². The zero-order chi connectivity index (χ0) is 34.5. The Hall–Kier alpha value is -4.86. The van der Waals surface area contributed by atoms with Gasteiger partial charge < -0.3 is 9.73 Å². The summed E-state index contributed by atoms with van der Waals surface area (Å²) in [4.78, 5) is 31.2. The van der Waals surface area contributed by atoms with Crippen LogP contribution < -0.4 is 5.32 Å². The van der Waals surface area contributed by atoms with E-state index in [-0.39, 0.29) is 35.9 Å². The van der Waals surface area contributed by atoms with Crippen LogP contribution in [0.2, 0.25) is 0 Å². The summed E-state index contributed by atoms with van der Waals surface area (Å²) in [5, 5.41) is 3.09. The van der Waals surface area contributed by atoms with Gasteiger partial charge in [-0.25, -0.2) is 4.98 Å². The second kappa shape index (κ2) is 14.5. The van der Waals surface area contributed by atoms with Crippen molar-refractivity contribution in [2.24, 2.45) is 5.41 Å². The number of oxazole rings is 1. The van der Waals surface area contributed by atoms with Crippen LogP contribution >= 0.6 is 0 Å². The van der Waals surface area contributed by atoms with Gasteiger partial charge in [0.2, 0.25) is 11.8 Å². The number of Topliss-reactive ketones (excluding diaryl/α,β-unsaturated/α-hetero) is 1. The summed E-state index contributed by atoms with van der Waals surface area (Å²) >= 11 is 0. The van der Waals surface area contributed by atoms with E-state index in [1.54, 1.807) is 12.1 Å². The molecule has 0 fully saturated rings. The van der Waals surface area contributed by atoms with E-state index in [1.807, 2.05) is 91.9 Å². The van der Waals surface area contributed by atoms with Gasteiger partial charge in [0.25, 0.3) is 10.1 Å². The van der Waals surface area contributed by atoms with Crippen LogP contribution in [0, 0.1) is 5.41 Å². The molecule has 0 saturated carbocycles. The third-order valence-corrected chi connectivity index (χ3v) is 8.92. The van der Waals surface area contributed by atoms with Crippen LogP contribution in [0.1, 0.15) is 79.4 Å². The van der Waals surface area contributed by atoms with Gasteiger partial charge in [-0.1, -0.05) is 101 Å². The molecule has 1 unspecified atom stereocenters. The molecule has 0 aliphatic rings. The van der Waals surface area contributed by atoms with Gasteiger partial charge in [-0.15, -0.1) is 0 Å². The number of para-hydroxylation sites is 2. The molecule has 1 heterocycles. The minimum Gasteiger partial charge on any atom is -0.436 e. The topological polar surface area (TPSA) is 127 Å². The van der Waals surface area contributed by atoms with Crippen LogP contribution in [0.4, 0.5) is 5.69 Å². The molecule has 9 heteroatoms. The first kappa shape index (κ1) is 34.5. The van der Waals surface area contributed by atoms with Crippen molar-refractivity contribution in [2.75, 3.05) is 11.1 Å². The number of ketones is 1. The maximum atomic E-state index is 14.0. The monoisotopic (exact) mass is 664 g/mol. The van der Waals surface area contributed by atoms with Crippen LogP contribution in [0.15, 0.2) is 108 Å². The number of aromatic nitrogens is 1. The van der Waals surface area contributed by atoms with E-state index in [4.69, 9.17) is 8.97 Å². The molecule has 0 bridgehead atoms. The normalized spacial score (nSPS) is 13.4. The first-order valence-corrected chi connectivity index (χ1v) is 17.5. The van der Waals surface area contributed by atoms with E-state index in [0.29, 0.717) is 22.7 Å². The van der Waals surface area contributed by atoms with Gasteiger partial charge >= 0.3 is 0 Å². The Morgan fingerprint density at radius 2 is 1.54 bits per heavy atom. The fraction of sp³-hybridized carbons (Fsp3) is 0.256. The number of rotatable bonds is 12. The molecule has 4 aromatic carbocycles. The van der Waals surface area contributed by atoms with E-state index in [0.717, 1.165) is 27.8 Å². The molecule has 5 rings (SSSR count). The Balaban J connectivity index is 1.37. The van der Waals surface area contributed by atoms with Gasteiger partial charge in [0.05, 0.1) is 11.7 Å². The number of hydrogen-bond acceptors (Lipinski definition) is 6. The Bertz CT molecular complexity index is 1990.